The minimum Gasteiger partial charge on any atom is -0.382 e. The Morgan fingerprint density at radius 1 is 1.34 bits per heavy atom. The van der Waals surface area contributed by atoms with Gasteiger partial charge in [-0.15, -0.1) is 11.3 Å². The van der Waals surface area contributed by atoms with E-state index in [1.807, 2.05) is 0 Å². The molecule has 29 heavy (non-hydrogen) atoms. The van der Waals surface area contributed by atoms with Crippen molar-refractivity contribution < 1.29 is 21.6 Å². The molecule has 1 aromatic heterocycles. The molecule has 0 amide bonds. The molecule has 12 heteroatoms. The van der Waals surface area contributed by atoms with Crippen molar-refractivity contribution in [3.05, 3.63) is 34.5 Å². The Balaban J connectivity index is 1.53. The molecule has 158 valence electrons. The molecule has 1 aromatic carbocycles. The van der Waals surface area contributed by atoms with Crippen molar-refractivity contribution in [1.29, 1.82) is 0 Å². The third-order valence-electron chi connectivity index (χ3n) is 5.32. The van der Waals surface area contributed by atoms with Crippen LogP contribution in [0.4, 0.5) is 24.0 Å². The number of nitrogens with one attached hydrogen (secondary N) is 2. The van der Waals surface area contributed by atoms with E-state index in [1.54, 1.807) is 10.3 Å². The van der Waals surface area contributed by atoms with Crippen LogP contribution in [0.25, 0.3) is 0 Å². The lowest BCUT2D eigenvalue weighted by Crippen LogP contribution is -2.44. The van der Waals surface area contributed by atoms with Gasteiger partial charge in [0.05, 0.1) is 17.3 Å². The first-order valence-corrected chi connectivity index (χ1v) is 11.6. The van der Waals surface area contributed by atoms with Crippen molar-refractivity contribution in [1.82, 2.24) is 9.88 Å². The number of hydrogen-bond acceptors (Lipinski definition) is 6. The number of rotatable bonds is 6. The molecule has 0 spiro atoms. The van der Waals surface area contributed by atoms with Crippen molar-refractivity contribution >= 4 is 43.8 Å². The van der Waals surface area contributed by atoms with Crippen LogP contribution in [-0.4, -0.2) is 49.4 Å². The van der Waals surface area contributed by atoms with E-state index < -0.39 is 32.2 Å². The zero-order chi connectivity index (χ0) is 20.9. The number of anilines is 2. The molecule has 0 aliphatic carbocycles. The maximum atomic E-state index is 14.6. The van der Waals surface area contributed by atoms with Crippen LogP contribution in [-0.2, 0) is 10.0 Å². The van der Waals surface area contributed by atoms with Crippen LogP contribution in [0.5, 0.6) is 0 Å². The predicted molar refractivity (Wildman–Crippen MR) is 106 cm³/mol. The lowest BCUT2D eigenvalue weighted by Gasteiger charge is -2.32. The van der Waals surface area contributed by atoms with E-state index in [-0.39, 0.29) is 35.4 Å². The number of nitrogens with zero attached hydrogens (tertiary/aromatic N) is 2. The van der Waals surface area contributed by atoms with E-state index >= 15 is 0 Å². The lowest BCUT2D eigenvalue weighted by atomic mass is 9.93. The Morgan fingerprint density at radius 2 is 2.14 bits per heavy atom. The molecule has 1 atom stereocenters. The summed E-state index contributed by atoms with van der Waals surface area (Å²) in [5.74, 6) is -3.75. The van der Waals surface area contributed by atoms with Gasteiger partial charge in [-0.3, -0.25) is 9.62 Å². The van der Waals surface area contributed by atoms with Gasteiger partial charge in [0.15, 0.2) is 5.13 Å². The summed E-state index contributed by atoms with van der Waals surface area (Å²) < 4.78 is 69.4. The topological polar surface area (TPSA) is 74.3 Å². The number of aromatic nitrogens is 1. The fourth-order valence-corrected chi connectivity index (χ4v) is 6.26. The van der Waals surface area contributed by atoms with Gasteiger partial charge in [-0.05, 0) is 31.5 Å². The van der Waals surface area contributed by atoms with Crippen molar-refractivity contribution in [2.75, 3.05) is 29.7 Å². The van der Waals surface area contributed by atoms with E-state index in [2.05, 4.69) is 15.0 Å². The van der Waals surface area contributed by atoms with Gasteiger partial charge in [0.1, 0.15) is 10.7 Å². The summed E-state index contributed by atoms with van der Waals surface area (Å²) in [4.78, 5) is 4.96. The second-order valence-corrected chi connectivity index (χ2v) is 10.3. The van der Waals surface area contributed by atoms with Crippen molar-refractivity contribution in [3.8, 4) is 0 Å². The Hall–Kier alpha value is -1.56. The van der Waals surface area contributed by atoms with E-state index in [0.717, 1.165) is 29.9 Å². The molecule has 4 rings (SSSR count). The molecule has 0 radical (unpaired) electrons. The molecular formula is C17H18ClF3N4O2S2. The molecule has 0 saturated carbocycles. The maximum absolute atomic E-state index is 14.6. The minimum absolute atomic E-state index is 0.0170. The van der Waals surface area contributed by atoms with E-state index in [9.17, 15) is 21.6 Å². The van der Waals surface area contributed by atoms with Gasteiger partial charge >= 0.3 is 0 Å². The quantitative estimate of drug-likeness (QED) is 0.672. The van der Waals surface area contributed by atoms with Gasteiger partial charge in [-0.25, -0.2) is 26.6 Å². The van der Waals surface area contributed by atoms with Crippen LogP contribution in [0.3, 0.4) is 0 Å². The summed E-state index contributed by atoms with van der Waals surface area (Å²) in [6, 6.07) is 1.98. The second kappa shape index (κ2) is 7.29. The summed E-state index contributed by atoms with van der Waals surface area (Å²) in [6.07, 6.45) is 2.58. The minimum atomic E-state index is -4.21. The normalized spacial score (nSPS) is 23.9. The Morgan fingerprint density at radius 3 is 2.86 bits per heavy atom. The Labute approximate surface area is 175 Å². The van der Waals surface area contributed by atoms with Crippen LogP contribution >= 0.6 is 22.9 Å². The van der Waals surface area contributed by atoms with Gasteiger partial charge in [0, 0.05) is 30.1 Å². The highest BCUT2D eigenvalue weighted by molar-refractivity contribution is 7.93. The average molecular weight is 467 g/mol. The van der Waals surface area contributed by atoms with Crippen molar-refractivity contribution in [3.63, 3.8) is 0 Å². The molecule has 2 aromatic rings. The molecule has 6 nitrogen and oxygen atoms in total. The number of halogens is 4. The molecule has 2 N–H and O–H groups in total. The Kier molecular flexibility index (Phi) is 5.21. The van der Waals surface area contributed by atoms with Gasteiger partial charge in [-0.2, -0.15) is 0 Å². The second-order valence-electron chi connectivity index (χ2n) is 7.34. The van der Waals surface area contributed by atoms with Crippen LogP contribution < -0.4 is 10.0 Å². The van der Waals surface area contributed by atoms with Crippen molar-refractivity contribution in [2.45, 2.75) is 35.6 Å². The number of alkyl halides is 2. The fraction of sp³-hybridized carbons (Fsp3) is 0.471. The highest BCUT2D eigenvalue weighted by Crippen LogP contribution is 2.46. The van der Waals surface area contributed by atoms with Gasteiger partial charge in [-0.1, -0.05) is 11.6 Å². The van der Waals surface area contributed by atoms with Crippen LogP contribution in [0.15, 0.2) is 28.6 Å². The number of sulfonamides is 1. The third-order valence-corrected chi connectivity index (χ3v) is 7.81. The van der Waals surface area contributed by atoms with Gasteiger partial charge in [0.2, 0.25) is 0 Å². The number of benzene rings is 1. The molecule has 2 saturated heterocycles. The summed E-state index contributed by atoms with van der Waals surface area (Å²) in [7, 11) is -4.21. The van der Waals surface area contributed by atoms with E-state index in [1.165, 1.54) is 6.20 Å². The third kappa shape index (κ3) is 4.05. The van der Waals surface area contributed by atoms with Crippen LogP contribution in [0.2, 0.25) is 5.02 Å². The van der Waals surface area contributed by atoms with Gasteiger partial charge in [0.25, 0.3) is 15.9 Å². The predicted octanol–water partition coefficient (Wildman–Crippen LogP) is 4.02. The standard InChI is InChI=1S/C17H18ClF3N4O2S2/c18-11-6-14(29(26,27)24-15-22-3-5-28-15)12(19)7-13(11)23-9-16-2-1-4-25(16)10-17(20,21)8-16/h3,5-7,23H,1-2,4,8-10H2,(H,22,24). The molecule has 1 unspecified atom stereocenters. The zero-order valence-electron chi connectivity index (χ0n) is 15.1. The van der Waals surface area contributed by atoms with Gasteiger partial charge < -0.3 is 5.32 Å². The summed E-state index contributed by atoms with van der Waals surface area (Å²) in [5.41, 5.74) is -0.547. The number of thiazole rings is 1. The largest absolute Gasteiger partial charge is 0.382 e. The first-order chi connectivity index (χ1) is 13.6. The molecule has 2 aliphatic rings. The molecule has 3 heterocycles. The fourth-order valence-electron chi connectivity index (χ4n) is 4.09. The highest BCUT2D eigenvalue weighted by Gasteiger charge is 2.56. The molecule has 0 bridgehead atoms. The molecular weight excluding hydrogens is 449 g/mol. The Bertz CT molecular complexity index is 1020. The van der Waals surface area contributed by atoms with Crippen LogP contribution in [0, 0.1) is 5.82 Å². The first-order valence-electron chi connectivity index (χ1n) is 8.88. The van der Waals surface area contributed by atoms with E-state index in [4.69, 9.17) is 11.6 Å². The number of fused-ring (bicyclic) bond motifs is 1. The monoisotopic (exact) mass is 466 g/mol. The molecule has 2 fully saturated rings. The van der Waals surface area contributed by atoms with Crippen molar-refractivity contribution in [2.24, 2.45) is 0 Å². The van der Waals surface area contributed by atoms with E-state index in [0.29, 0.717) is 13.0 Å². The number of hydrogen-bond donors (Lipinski definition) is 2. The SMILES string of the molecule is O=S(=O)(Nc1nccs1)c1cc(Cl)c(NCC23CCCN2CC(F)(F)C3)cc1F. The average Bonchev–Trinajstić information content (AvgIpc) is 3.29. The summed E-state index contributed by atoms with van der Waals surface area (Å²) in [5, 5.41) is 4.61. The van der Waals surface area contributed by atoms with Crippen LogP contribution in [0.1, 0.15) is 19.3 Å². The lowest BCUT2D eigenvalue weighted by molar-refractivity contribution is 0.00976. The summed E-state index contributed by atoms with van der Waals surface area (Å²) in [6.45, 7) is 0.487. The highest BCUT2D eigenvalue weighted by atomic mass is 35.5. The molecule has 2 aliphatic heterocycles. The zero-order valence-corrected chi connectivity index (χ0v) is 17.5. The summed E-state index contributed by atoms with van der Waals surface area (Å²) >= 11 is 7.23. The first kappa shape index (κ1) is 20.7. The maximum Gasteiger partial charge on any atom is 0.266 e. The smallest absolute Gasteiger partial charge is 0.266 e.